The molecule has 0 saturated heterocycles. The number of nitrogens with two attached hydrogens (primary N) is 1. The Bertz CT molecular complexity index is 174. The minimum atomic E-state index is 0.419. The number of hydrogen-bond donors (Lipinski definition) is 1. The number of nitrogens with zero attached hydrogens (tertiary/aromatic N) is 1. The van der Waals surface area contributed by atoms with Crippen LogP contribution in [0.25, 0.3) is 0 Å². The van der Waals surface area contributed by atoms with Crippen LogP contribution in [0.3, 0.4) is 0 Å². The molecule has 3 nitrogen and oxygen atoms in total. The van der Waals surface area contributed by atoms with Crippen molar-refractivity contribution in [1.82, 2.24) is 5.16 Å². The van der Waals surface area contributed by atoms with Crippen LogP contribution in [0.15, 0.2) is 4.52 Å². The first kappa shape index (κ1) is 9.01. The van der Waals surface area contributed by atoms with E-state index in [-0.39, 0.29) is 0 Å². The monoisotopic (exact) mass is 142 g/mol. The van der Waals surface area contributed by atoms with Crippen molar-refractivity contribution in [3.05, 3.63) is 11.3 Å². The van der Waals surface area contributed by atoms with Gasteiger partial charge in [-0.25, -0.2) is 0 Å². The highest BCUT2D eigenvalue weighted by Crippen LogP contribution is 2.11. The number of nitrogen functional groups attached to an aromatic ring is 1. The average molecular weight is 142 g/mol. The fourth-order valence-electron chi connectivity index (χ4n) is 0.433. The van der Waals surface area contributed by atoms with E-state index >= 15 is 0 Å². The zero-order chi connectivity index (χ0) is 8.15. The first-order chi connectivity index (χ1) is 4.72. The Hall–Kier alpha value is -0.990. The number of hydrogen-bond acceptors (Lipinski definition) is 3. The number of anilines is 1. The molecule has 0 aliphatic rings. The topological polar surface area (TPSA) is 52.0 Å². The van der Waals surface area contributed by atoms with Gasteiger partial charge in [0.05, 0.1) is 5.69 Å². The first-order valence-corrected chi connectivity index (χ1v) is 3.40. The lowest BCUT2D eigenvalue weighted by atomic mass is 10.3. The van der Waals surface area contributed by atoms with Crippen LogP contribution in [0.1, 0.15) is 25.1 Å². The SMILES string of the molecule is CC.Cc1noc(N)c1C. The van der Waals surface area contributed by atoms with Crippen molar-refractivity contribution in [3.63, 3.8) is 0 Å². The molecule has 0 atom stereocenters. The fraction of sp³-hybridized carbons (Fsp3) is 0.571. The maximum Gasteiger partial charge on any atom is 0.225 e. The van der Waals surface area contributed by atoms with E-state index in [2.05, 4.69) is 9.68 Å². The van der Waals surface area contributed by atoms with Gasteiger partial charge in [0.25, 0.3) is 0 Å². The number of aryl methyl sites for hydroxylation is 1. The summed E-state index contributed by atoms with van der Waals surface area (Å²) < 4.78 is 4.62. The molecular formula is C7H14N2O. The van der Waals surface area contributed by atoms with Crippen molar-refractivity contribution in [2.75, 3.05) is 5.73 Å². The zero-order valence-electron chi connectivity index (χ0n) is 6.93. The molecule has 0 aliphatic heterocycles. The van der Waals surface area contributed by atoms with Gasteiger partial charge in [-0.2, -0.15) is 0 Å². The molecule has 0 bridgehead atoms. The van der Waals surface area contributed by atoms with Crippen molar-refractivity contribution in [2.24, 2.45) is 0 Å². The summed E-state index contributed by atoms with van der Waals surface area (Å²) in [6, 6.07) is 0. The van der Waals surface area contributed by atoms with Crippen molar-refractivity contribution in [2.45, 2.75) is 27.7 Å². The minimum Gasteiger partial charge on any atom is -0.367 e. The van der Waals surface area contributed by atoms with Gasteiger partial charge in [-0.15, -0.1) is 0 Å². The number of rotatable bonds is 0. The summed E-state index contributed by atoms with van der Waals surface area (Å²) in [7, 11) is 0. The van der Waals surface area contributed by atoms with Gasteiger partial charge in [-0.3, -0.25) is 0 Å². The molecule has 0 radical (unpaired) electrons. The van der Waals surface area contributed by atoms with Gasteiger partial charge in [0.1, 0.15) is 0 Å². The summed E-state index contributed by atoms with van der Waals surface area (Å²) >= 11 is 0. The van der Waals surface area contributed by atoms with Gasteiger partial charge in [-0.05, 0) is 13.8 Å². The minimum absolute atomic E-state index is 0.419. The van der Waals surface area contributed by atoms with Gasteiger partial charge < -0.3 is 10.3 Å². The van der Waals surface area contributed by atoms with E-state index in [1.54, 1.807) is 0 Å². The Morgan fingerprint density at radius 2 is 1.80 bits per heavy atom. The summed E-state index contributed by atoms with van der Waals surface area (Å²) in [5.41, 5.74) is 7.11. The van der Waals surface area contributed by atoms with Crippen LogP contribution in [0.5, 0.6) is 0 Å². The molecule has 0 aliphatic carbocycles. The van der Waals surface area contributed by atoms with E-state index in [1.165, 1.54) is 0 Å². The second kappa shape index (κ2) is 3.93. The molecule has 1 rings (SSSR count). The fourth-order valence-corrected chi connectivity index (χ4v) is 0.433. The molecule has 0 fully saturated rings. The Labute approximate surface area is 61.2 Å². The molecule has 0 saturated carbocycles. The molecular weight excluding hydrogens is 128 g/mol. The molecule has 0 aromatic carbocycles. The van der Waals surface area contributed by atoms with Crippen LogP contribution in [0, 0.1) is 13.8 Å². The van der Waals surface area contributed by atoms with Gasteiger partial charge in [0.2, 0.25) is 5.88 Å². The first-order valence-electron chi connectivity index (χ1n) is 3.40. The van der Waals surface area contributed by atoms with Crippen molar-refractivity contribution >= 4 is 5.88 Å². The van der Waals surface area contributed by atoms with Crippen molar-refractivity contribution in [3.8, 4) is 0 Å². The smallest absolute Gasteiger partial charge is 0.225 e. The summed E-state index contributed by atoms with van der Waals surface area (Å²) in [6.07, 6.45) is 0. The summed E-state index contributed by atoms with van der Waals surface area (Å²) in [4.78, 5) is 0. The molecule has 1 heterocycles. The van der Waals surface area contributed by atoms with Crippen LogP contribution < -0.4 is 5.73 Å². The van der Waals surface area contributed by atoms with Crippen LogP contribution >= 0.6 is 0 Å². The normalized spacial score (nSPS) is 8.40. The molecule has 2 N–H and O–H groups in total. The number of aromatic nitrogens is 1. The second-order valence-corrected chi connectivity index (χ2v) is 1.76. The molecule has 10 heavy (non-hydrogen) atoms. The molecule has 1 aromatic rings. The van der Waals surface area contributed by atoms with Gasteiger partial charge in [0.15, 0.2) is 0 Å². The van der Waals surface area contributed by atoms with Crippen molar-refractivity contribution < 1.29 is 4.52 Å². The highest BCUT2D eigenvalue weighted by Gasteiger charge is 2.00. The third kappa shape index (κ3) is 1.76. The van der Waals surface area contributed by atoms with E-state index in [0.717, 1.165) is 11.3 Å². The van der Waals surface area contributed by atoms with E-state index < -0.39 is 0 Å². The lowest BCUT2D eigenvalue weighted by Gasteiger charge is -1.80. The zero-order valence-corrected chi connectivity index (χ0v) is 6.93. The summed E-state index contributed by atoms with van der Waals surface area (Å²) in [6.45, 7) is 7.73. The van der Waals surface area contributed by atoms with E-state index in [4.69, 9.17) is 5.73 Å². The molecule has 3 heteroatoms. The molecule has 0 amide bonds. The largest absolute Gasteiger partial charge is 0.367 e. The van der Waals surface area contributed by atoms with Crippen LogP contribution in [-0.4, -0.2) is 5.16 Å². The van der Waals surface area contributed by atoms with Crippen LogP contribution in [0.4, 0.5) is 5.88 Å². The van der Waals surface area contributed by atoms with E-state index in [1.807, 2.05) is 27.7 Å². The lowest BCUT2D eigenvalue weighted by Crippen LogP contribution is -1.82. The highest BCUT2D eigenvalue weighted by atomic mass is 16.5. The maximum absolute atomic E-state index is 5.31. The maximum atomic E-state index is 5.31. The van der Waals surface area contributed by atoms with Crippen LogP contribution in [-0.2, 0) is 0 Å². The Morgan fingerprint density at radius 3 is 1.90 bits per heavy atom. The molecule has 1 aromatic heterocycles. The Balaban J connectivity index is 0.000000371. The Kier molecular flexibility index (Phi) is 3.54. The van der Waals surface area contributed by atoms with Gasteiger partial charge in [-0.1, -0.05) is 19.0 Å². The van der Waals surface area contributed by atoms with Gasteiger partial charge in [0, 0.05) is 5.56 Å². The van der Waals surface area contributed by atoms with Crippen LogP contribution in [0.2, 0.25) is 0 Å². The molecule has 0 spiro atoms. The Morgan fingerprint density at radius 1 is 1.30 bits per heavy atom. The quantitative estimate of drug-likeness (QED) is 0.602. The predicted octanol–water partition coefficient (Wildman–Crippen LogP) is 1.90. The molecule has 0 unspecified atom stereocenters. The van der Waals surface area contributed by atoms with Crippen molar-refractivity contribution in [1.29, 1.82) is 0 Å². The summed E-state index contributed by atoms with van der Waals surface area (Å²) in [5, 5.41) is 3.62. The standard InChI is InChI=1S/C5H8N2O.C2H6/c1-3-4(2)7-8-5(3)6;1-2/h6H2,1-2H3;1-2H3. The average Bonchev–Trinajstić information content (AvgIpc) is 2.25. The molecule has 58 valence electrons. The lowest BCUT2D eigenvalue weighted by molar-refractivity contribution is 0.431. The third-order valence-electron chi connectivity index (χ3n) is 1.19. The second-order valence-electron chi connectivity index (χ2n) is 1.76. The summed E-state index contributed by atoms with van der Waals surface area (Å²) in [5.74, 6) is 0.419. The van der Waals surface area contributed by atoms with Gasteiger partial charge >= 0.3 is 0 Å². The highest BCUT2D eigenvalue weighted by molar-refractivity contribution is 5.36. The third-order valence-corrected chi connectivity index (χ3v) is 1.19. The predicted molar refractivity (Wildman–Crippen MR) is 41.7 cm³/mol. The van der Waals surface area contributed by atoms with E-state index in [0.29, 0.717) is 5.88 Å². The van der Waals surface area contributed by atoms with E-state index in [9.17, 15) is 0 Å².